The van der Waals surface area contributed by atoms with E-state index in [9.17, 15) is 0 Å². The second-order valence-electron chi connectivity index (χ2n) is 15.6. The first-order valence-corrected chi connectivity index (χ1v) is 19.9. The van der Waals surface area contributed by atoms with Crippen LogP contribution in [0.25, 0.3) is 65.7 Å². The smallest absolute Gasteiger partial charge is 0.159 e. The fourth-order valence-corrected chi connectivity index (χ4v) is 10.3. The van der Waals surface area contributed by atoms with Crippen LogP contribution in [-0.4, -0.2) is 11.7 Å². The number of nitrogens with one attached hydrogen (secondary N) is 1. The van der Waals surface area contributed by atoms with Gasteiger partial charge in [-0.3, -0.25) is 0 Å². The molecule has 2 aliphatic carbocycles. The van der Waals surface area contributed by atoms with Crippen molar-refractivity contribution in [1.82, 2.24) is 5.32 Å². The van der Waals surface area contributed by atoms with Gasteiger partial charge in [-0.2, -0.15) is 0 Å². The molecule has 1 N–H and O–H groups in total. The lowest BCUT2D eigenvalue weighted by atomic mass is 9.70. The van der Waals surface area contributed by atoms with E-state index in [-0.39, 0.29) is 0 Å². The van der Waals surface area contributed by atoms with Crippen LogP contribution in [0.1, 0.15) is 45.1 Å². The normalized spacial score (nSPS) is 15.9. The van der Waals surface area contributed by atoms with Crippen molar-refractivity contribution in [3.05, 3.63) is 227 Å². The molecule has 3 aliphatic rings. The summed E-state index contributed by atoms with van der Waals surface area (Å²) in [6, 6.07) is 67.8. The van der Waals surface area contributed by atoms with Gasteiger partial charge < -0.3 is 9.73 Å². The highest BCUT2D eigenvalue weighted by Crippen LogP contribution is 2.63. The highest BCUT2D eigenvalue weighted by Gasteiger charge is 2.51. The van der Waals surface area contributed by atoms with E-state index in [1.54, 1.807) is 0 Å². The maximum atomic E-state index is 6.48. The van der Waals surface area contributed by atoms with Gasteiger partial charge in [0.15, 0.2) is 12.0 Å². The van der Waals surface area contributed by atoms with Crippen LogP contribution in [0.4, 0.5) is 0 Å². The van der Waals surface area contributed by atoms with Crippen LogP contribution in [0.2, 0.25) is 0 Å². The predicted octanol–water partition coefficient (Wildman–Crippen LogP) is 12.7. The molecule has 58 heavy (non-hydrogen) atoms. The van der Waals surface area contributed by atoms with Gasteiger partial charge in [-0.1, -0.05) is 182 Å². The molecule has 4 heteroatoms. The van der Waals surface area contributed by atoms with Crippen molar-refractivity contribution in [2.75, 3.05) is 0 Å². The monoisotopic (exact) mass is 739 g/mol. The van der Waals surface area contributed by atoms with Crippen molar-refractivity contribution in [1.29, 1.82) is 0 Å². The molecule has 1 aliphatic heterocycles. The molecule has 1 unspecified atom stereocenters. The minimum Gasteiger partial charge on any atom is -0.456 e. The Labute approximate surface area is 334 Å². The Balaban J connectivity index is 0.944. The first-order valence-electron chi connectivity index (χ1n) is 19.9. The zero-order chi connectivity index (χ0) is 38.0. The summed E-state index contributed by atoms with van der Waals surface area (Å²) in [6.45, 7) is 0. The highest BCUT2D eigenvalue weighted by atomic mass is 16.3. The molecule has 9 aromatic carbocycles. The minimum absolute atomic E-state index is 0.393. The minimum atomic E-state index is -0.402. The Morgan fingerprint density at radius 1 is 0.466 bits per heavy atom. The molecule has 0 fully saturated rings. The summed E-state index contributed by atoms with van der Waals surface area (Å²) in [6.07, 6.45) is -0.402. The summed E-state index contributed by atoms with van der Waals surface area (Å²) in [5, 5.41) is 11.2. The molecule has 0 radical (unpaired) electrons. The second-order valence-corrected chi connectivity index (χ2v) is 15.6. The van der Waals surface area contributed by atoms with E-state index in [1.807, 2.05) is 30.3 Å². The third-order valence-electron chi connectivity index (χ3n) is 12.7. The maximum absolute atomic E-state index is 6.48. The lowest BCUT2D eigenvalue weighted by Crippen LogP contribution is -2.33. The molecule has 0 amide bonds. The first-order chi connectivity index (χ1) is 28.8. The molecule has 270 valence electrons. The zero-order valence-corrected chi connectivity index (χ0v) is 31.3. The number of benzene rings is 9. The van der Waals surface area contributed by atoms with Crippen molar-refractivity contribution in [3.8, 4) is 22.3 Å². The molecule has 0 saturated carbocycles. The first kappa shape index (κ1) is 31.6. The predicted molar refractivity (Wildman–Crippen MR) is 237 cm³/mol. The topological polar surface area (TPSA) is 49.9 Å². The molecule has 0 saturated heterocycles. The molecule has 2 heterocycles. The van der Waals surface area contributed by atoms with Crippen LogP contribution in [0, 0.1) is 0 Å². The Morgan fingerprint density at radius 3 is 1.90 bits per heavy atom. The molecule has 13 rings (SSSR count). The van der Waals surface area contributed by atoms with E-state index in [0.717, 1.165) is 50.0 Å². The van der Waals surface area contributed by atoms with Crippen LogP contribution < -0.4 is 5.32 Å². The van der Waals surface area contributed by atoms with Crippen molar-refractivity contribution in [3.63, 3.8) is 0 Å². The van der Waals surface area contributed by atoms with Gasteiger partial charge in [0.2, 0.25) is 0 Å². The van der Waals surface area contributed by atoms with Gasteiger partial charge in [0.1, 0.15) is 17.0 Å². The van der Waals surface area contributed by atoms with E-state index in [0.29, 0.717) is 5.84 Å². The molecule has 1 spiro atoms. The number of rotatable bonds is 4. The van der Waals surface area contributed by atoms with Crippen molar-refractivity contribution < 1.29 is 4.42 Å². The SMILES string of the molecule is c1ccc(C2=NC(c3cccc4c3oc3ccccc34)NC(c3ccc(-c4cccc5c4-c4ccccc4C54c5cccc6ccc7cccc4c7c56)cc3)=N2)cc1. The van der Waals surface area contributed by atoms with Gasteiger partial charge in [-0.25, -0.2) is 9.98 Å². The Morgan fingerprint density at radius 2 is 1.09 bits per heavy atom. The fourth-order valence-electron chi connectivity index (χ4n) is 10.3. The molecule has 0 bridgehead atoms. The lowest BCUT2D eigenvalue weighted by Gasteiger charge is -2.31. The van der Waals surface area contributed by atoms with E-state index >= 15 is 0 Å². The fraction of sp³-hybridized carbons (Fsp3) is 0.0370. The molecule has 4 nitrogen and oxygen atoms in total. The Bertz CT molecular complexity index is 3370. The summed E-state index contributed by atoms with van der Waals surface area (Å²) in [5.74, 6) is 1.45. The highest BCUT2D eigenvalue weighted by molar-refractivity contribution is 6.18. The van der Waals surface area contributed by atoms with E-state index in [4.69, 9.17) is 14.4 Å². The average Bonchev–Trinajstić information content (AvgIpc) is 3.93. The van der Waals surface area contributed by atoms with Crippen molar-refractivity contribution in [2.24, 2.45) is 9.98 Å². The van der Waals surface area contributed by atoms with Crippen LogP contribution in [0.15, 0.2) is 202 Å². The number of para-hydroxylation sites is 2. The summed E-state index contributed by atoms with van der Waals surface area (Å²) >= 11 is 0. The van der Waals surface area contributed by atoms with Crippen molar-refractivity contribution >= 4 is 55.2 Å². The number of aliphatic imine (C=N–C) groups is 2. The Kier molecular flexibility index (Phi) is 6.40. The summed E-state index contributed by atoms with van der Waals surface area (Å²) < 4.78 is 6.48. The van der Waals surface area contributed by atoms with E-state index in [2.05, 4.69) is 163 Å². The average molecular weight is 740 g/mol. The van der Waals surface area contributed by atoms with Gasteiger partial charge >= 0.3 is 0 Å². The molecular weight excluding hydrogens is 707 g/mol. The number of fused-ring (bicyclic) bond motifs is 10. The number of amidine groups is 2. The van der Waals surface area contributed by atoms with Crippen LogP contribution in [0.5, 0.6) is 0 Å². The van der Waals surface area contributed by atoms with E-state index in [1.165, 1.54) is 60.5 Å². The molecular formula is C54H33N3O. The molecule has 10 aromatic rings. The number of hydrogen-bond donors (Lipinski definition) is 1. The summed E-state index contributed by atoms with van der Waals surface area (Å²) in [5.41, 5.74) is 14.7. The third kappa shape index (κ3) is 4.18. The van der Waals surface area contributed by atoms with Crippen LogP contribution in [0.3, 0.4) is 0 Å². The number of nitrogens with zero attached hydrogens (tertiary/aromatic N) is 2. The third-order valence-corrected chi connectivity index (χ3v) is 12.7. The quantitative estimate of drug-likeness (QED) is 0.183. The van der Waals surface area contributed by atoms with Gasteiger partial charge in [-0.05, 0) is 72.1 Å². The number of furan rings is 1. The van der Waals surface area contributed by atoms with Gasteiger partial charge in [0.05, 0.1) is 5.41 Å². The lowest BCUT2D eigenvalue weighted by molar-refractivity contribution is 0.628. The van der Waals surface area contributed by atoms with Crippen molar-refractivity contribution in [2.45, 2.75) is 11.6 Å². The van der Waals surface area contributed by atoms with Crippen LogP contribution in [-0.2, 0) is 5.41 Å². The van der Waals surface area contributed by atoms with Gasteiger partial charge in [-0.15, -0.1) is 0 Å². The largest absolute Gasteiger partial charge is 0.456 e. The Hall–Kier alpha value is -7.56. The summed E-state index contributed by atoms with van der Waals surface area (Å²) in [7, 11) is 0. The van der Waals surface area contributed by atoms with Gasteiger partial charge in [0, 0.05) is 27.5 Å². The second kappa shape index (κ2) is 11.7. The van der Waals surface area contributed by atoms with Crippen LogP contribution >= 0.6 is 0 Å². The molecule has 1 aromatic heterocycles. The molecule has 1 atom stereocenters. The standard InChI is InChI=1S/C54H33N3O/c1-2-12-35(13-3-1)51-55-52(57-53(56-51)41-20-10-19-39-38-16-5-7-25-46(38)58-50(39)41)36-30-26-32(27-31-36)37-18-11-24-45-49(37)40-17-4-6-21-42(40)54(45)43-22-8-14-33-28-29-34-15-9-23-44(54)48(34)47(33)43/h1-31,53H,(H,55,56,57). The number of hydrogen-bond acceptors (Lipinski definition) is 4. The van der Waals surface area contributed by atoms with E-state index < -0.39 is 11.6 Å². The van der Waals surface area contributed by atoms with Gasteiger partial charge in [0.25, 0.3) is 0 Å². The summed E-state index contributed by atoms with van der Waals surface area (Å²) in [4.78, 5) is 10.3. The zero-order valence-electron chi connectivity index (χ0n) is 31.3. The maximum Gasteiger partial charge on any atom is 0.159 e.